The van der Waals surface area contributed by atoms with Crippen molar-refractivity contribution in [3.8, 4) is 0 Å². The Morgan fingerprint density at radius 3 is 2.82 bits per heavy atom. The molecule has 3 nitrogen and oxygen atoms in total. The molecule has 1 atom stereocenters. The van der Waals surface area contributed by atoms with Crippen LogP contribution in [0.15, 0.2) is 18.2 Å². The molecule has 0 aromatic heterocycles. The molecule has 0 N–H and O–H groups in total. The van der Waals surface area contributed by atoms with E-state index in [0.29, 0.717) is 18.4 Å². The van der Waals surface area contributed by atoms with Gasteiger partial charge in [-0.3, -0.25) is 9.59 Å². The number of rotatable bonds is 2. The fourth-order valence-electron chi connectivity index (χ4n) is 2.15. The van der Waals surface area contributed by atoms with Crippen molar-refractivity contribution in [3.63, 3.8) is 0 Å². The molecular formula is C13H14FNO2. The number of hydrogen-bond acceptors (Lipinski definition) is 2. The molecule has 0 fully saturated rings. The number of benzene rings is 1. The van der Waals surface area contributed by atoms with Gasteiger partial charge in [-0.15, -0.1) is 0 Å². The number of nitrogens with zero attached hydrogens (tertiary/aromatic N) is 1. The summed E-state index contributed by atoms with van der Waals surface area (Å²) in [7, 11) is 3.37. The summed E-state index contributed by atoms with van der Waals surface area (Å²) in [6.07, 6.45) is 0.607. The summed E-state index contributed by atoms with van der Waals surface area (Å²) >= 11 is 0. The summed E-state index contributed by atoms with van der Waals surface area (Å²) in [5, 5.41) is 0. The van der Waals surface area contributed by atoms with Gasteiger partial charge in [0, 0.05) is 38.4 Å². The Bertz CT molecular complexity index is 482. The van der Waals surface area contributed by atoms with Crippen molar-refractivity contribution in [1.29, 1.82) is 0 Å². The molecule has 1 amide bonds. The number of fused-ring (bicyclic) bond motifs is 1. The van der Waals surface area contributed by atoms with Crippen molar-refractivity contribution in [2.45, 2.75) is 18.8 Å². The molecule has 0 spiro atoms. The van der Waals surface area contributed by atoms with Crippen LogP contribution in [0, 0.1) is 5.82 Å². The maximum absolute atomic E-state index is 13.0. The van der Waals surface area contributed by atoms with Gasteiger partial charge in [-0.25, -0.2) is 4.39 Å². The van der Waals surface area contributed by atoms with Crippen LogP contribution in [-0.4, -0.2) is 30.7 Å². The molecule has 1 aromatic carbocycles. The smallest absolute Gasteiger partial charge is 0.222 e. The molecule has 90 valence electrons. The van der Waals surface area contributed by atoms with E-state index in [-0.39, 0.29) is 17.6 Å². The standard InChI is InChI=1S/C13H14FNO2/c1-15(2)13(17)6-8-5-12(16)11-7-9(14)3-4-10(8)11/h3-4,7-8H,5-6H2,1-2H3. The zero-order chi connectivity index (χ0) is 12.6. The Morgan fingerprint density at radius 1 is 1.47 bits per heavy atom. The Kier molecular flexibility index (Phi) is 2.96. The third-order valence-electron chi connectivity index (χ3n) is 3.11. The summed E-state index contributed by atoms with van der Waals surface area (Å²) in [4.78, 5) is 24.8. The Balaban J connectivity index is 2.25. The van der Waals surface area contributed by atoms with Crippen LogP contribution in [0.4, 0.5) is 4.39 Å². The Labute approximate surface area is 99.2 Å². The molecule has 1 unspecified atom stereocenters. The highest BCUT2D eigenvalue weighted by Crippen LogP contribution is 2.35. The summed E-state index contributed by atoms with van der Waals surface area (Å²) in [5.74, 6) is -0.597. The van der Waals surface area contributed by atoms with Gasteiger partial charge in [0.05, 0.1) is 0 Å². The Hall–Kier alpha value is -1.71. The molecular weight excluding hydrogens is 221 g/mol. The molecule has 0 saturated heterocycles. The lowest BCUT2D eigenvalue weighted by Gasteiger charge is -2.14. The maximum Gasteiger partial charge on any atom is 0.222 e. The van der Waals surface area contributed by atoms with Crippen molar-refractivity contribution in [2.24, 2.45) is 0 Å². The first-order valence-corrected chi connectivity index (χ1v) is 5.52. The first-order chi connectivity index (χ1) is 7.99. The van der Waals surface area contributed by atoms with Crippen LogP contribution < -0.4 is 0 Å². The average molecular weight is 235 g/mol. The van der Waals surface area contributed by atoms with Crippen LogP contribution in [0.5, 0.6) is 0 Å². The van der Waals surface area contributed by atoms with E-state index in [1.807, 2.05) is 0 Å². The molecule has 4 heteroatoms. The second-order valence-electron chi connectivity index (χ2n) is 4.55. The highest BCUT2D eigenvalue weighted by atomic mass is 19.1. The van der Waals surface area contributed by atoms with Crippen molar-refractivity contribution in [2.75, 3.05) is 14.1 Å². The quantitative estimate of drug-likeness (QED) is 0.786. The molecule has 1 aliphatic rings. The largest absolute Gasteiger partial charge is 0.349 e. The SMILES string of the molecule is CN(C)C(=O)CC1CC(=O)c2cc(F)ccc21. The minimum absolute atomic E-state index is 0.0139. The number of ketones is 1. The first-order valence-electron chi connectivity index (χ1n) is 5.52. The second-order valence-corrected chi connectivity index (χ2v) is 4.55. The zero-order valence-corrected chi connectivity index (χ0v) is 9.87. The van der Waals surface area contributed by atoms with Crippen LogP contribution in [0.2, 0.25) is 0 Å². The number of hydrogen-bond donors (Lipinski definition) is 0. The second kappa shape index (κ2) is 4.28. The van der Waals surface area contributed by atoms with Crippen molar-refractivity contribution in [1.82, 2.24) is 4.90 Å². The van der Waals surface area contributed by atoms with Gasteiger partial charge >= 0.3 is 0 Å². The minimum Gasteiger partial charge on any atom is -0.349 e. The van der Waals surface area contributed by atoms with Crippen LogP contribution in [0.3, 0.4) is 0 Å². The van der Waals surface area contributed by atoms with E-state index >= 15 is 0 Å². The predicted octanol–water partition coefficient (Wildman–Crippen LogP) is 1.97. The zero-order valence-electron chi connectivity index (χ0n) is 9.87. The van der Waals surface area contributed by atoms with Gasteiger partial charge in [0.2, 0.25) is 5.91 Å². The summed E-state index contributed by atoms with van der Waals surface area (Å²) in [5.41, 5.74) is 1.23. The molecule has 17 heavy (non-hydrogen) atoms. The maximum atomic E-state index is 13.0. The summed E-state index contributed by atoms with van der Waals surface area (Å²) < 4.78 is 13.0. The fraction of sp³-hybridized carbons (Fsp3) is 0.385. The molecule has 0 bridgehead atoms. The van der Waals surface area contributed by atoms with Crippen LogP contribution in [0.25, 0.3) is 0 Å². The number of halogens is 1. The van der Waals surface area contributed by atoms with Crippen molar-refractivity contribution in [3.05, 3.63) is 35.1 Å². The number of Topliss-reactive ketones (excluding diaryl/α,β-unsaturated/α-hetero) is 1. The monoisotopic (exact) mass is 235 g/mol. The molecule has 0 radical (unpaired) electrons. The Morgan fingerprint density at radius 2 is 2.18 bits per heavy atom. The molecule has 0 heterocycles. The number of amides is 1. The van der Waals surface area contributed by atoms with E-state index in [9.17, 15) is 14.0 Å². The lowest BCUT2D eigenvalue weighted by atomic mass is 9.97. The van der Waals surface area contributed by atoms with Gasteiger partial charge in [-0.1, -0.05) is 6.07 Å². The van der Waals surface area contributed by atoms with Crippen LogP contribution in [-0.2, 0) is 4.79 Å². The third kappa shape index (κ3) is 2.20. The van der Waals surface area contributed by atoms with Crippen LogP contribution >= 0.6 is 0 Å². The number of carbonyl (C=O) groups is 2. The van der Waals surface area contributed by atoms with Gasteiger partial charge in [0.15, 0.2) is 5.78 Å². The molecule has 0 saturated carbocycles. The highest BCUT2D eigenvalue weighted by Gasteiger charge is 2.31. The lowest BCUT2D eigenvalue weighted by molar-refractivity contribution is -0.129. The van der Waals surface area contributed by atoms with E-state index in [2.05, 4.69) is 0 Å². The highest BCUT2D eigenvalue weighted by molar-refractivity contribution is 6.01. The molecule has 1 aromatic rings. The van der Waals surface area contributed by atoms with E-state index in [4.69, 9.17) is 0 Å². The van der Waals surface area contributed by atoms with Gasteiger partial charge in [0.25, 0.3) is 0 Å². The molecule has 1 aliphatic carbocycles. The minimum atomic E-state index is -0.406. The summed E-state index contributed by atoms with van der Waals surface area (Å²) in [6.45, 7) is 0. The van der Waals surface area contributed by atoms with E-state index in [1.54, 1.807) is 20.2 Å². The summed E-state index contributed by atoms with van der Waals surface area (Å²) in [6, 6.07) is 4.21. The fourth-order valence-corrected chi connectivity index (χ4v) is 2.15. The predicted molar refractivity (Wildman–Crippen MR) is 61.4 cm³/mol. The van der Waals surface area contributed by atoms with Gasteiger partial charge in [-0.05, 0) is 17.7 Å². The molecule has 0 aliphatic heterocycles. The lowest BCUT2D eigenvalue weighted by Crippen LogP contribution is -2.23. The average Bonchev–Trinajstić information content (AvgIpc) is 2.55. The van der Waals surface area contributed by atoms with E-state index in [1.165, 1.54) is 17.0 Å². The van der Waals surface area contributed by atoms with Gasteiger partial charge in [-0.2, -0.15) is 0 Å². The normalized spacial score (nSPS) is 18.1. The molecule has 2 rings (SSSR count). The van der Waals surface area contributed by atoms with Crippen molar-refractivity contribution < 1.29 is 14.0 Å². The number of carbonyl (C=O) groups excluding carboxylic acids is 2. The van der Waals surface area contributed by atoms with E-state index in [0.717, 1.165) is 5.56 Å². The topological polar surface area (TPSA) is 37.4 Å². The van der Waals surface area contributed by atoms with Gasteiger partial charge < -0.3 is 4.90 Å². The van der Waals surface area contributed by atoms with Crippen molar-refractivity contribution >= 4 is 11.7 Å². The first kappa shape index (κ1) is 11.8. The third-order valence-corrected chi connectivity index (χ3v) is 3.11. The van der Waals surface area contributed by atoms with E-state index < -0.39 is 5.82 Å². The van der Waals surface area contributed by atoms with Crippen LogP contribution in [0.1, 0.15) is 34.7 Å². The van der Waals surface area contributed by atoms with Gasteiger partial charge in [0.1, 0.15) is 5.82 Å².